The summed E-state index contributed by atoms with van der Waals surface area (Å²) >= 11 is 16.3. The van der Waals surface area contributed by atoms with Crippen LogP contribution in [0.1, 0.15) is 16.7 Å². The number of rotatable bonds is 6. The molecular formula is C25H19BrClNO3S2. The fourth-order valence-electron chi connectivity index (χ4n) is 3.32. The summed E-state index contributed by atoms with van der Waals surface area (Å²) in [5.41, 5.74) is 3.70. The first-order valence-electron chi connectivity index (χ1n) is 9.95. The van der Waals surface area contributed by atoms with E-state index < -0.39 is 0 Å². The third-order valence-corrected chi connectivity index (χ3v) is 7.45. The Labute approximate surface area is 215 Å². The molecule has 0 spiro atoms. The highest BCUT2D eigenvalue weighted by atomic mass is 79.9. The Morgan fingerprint density at radius 2 is 1.94 bits per heavy atom. The number of hydrogen-bond acceptors (Lipinski definition) is 5. The minimum Gasteiger partial charge on any atom is -0.493 e. The molecule has 1 amide bonds. The van der Waals surface area contributed by atoms with Crippen molar-refractivity contribution in [3.8, 4) is 11.5 Å². The maximum Gasteiger partial charge on any atom is 0.270 e. The van der Waals surface area contributed by atoms with Crippen LogP contribution in [0.2, 0.25) is 5.02 Å². The molecule has 4 rings (SSSR count). The number of nitrogens with zero attached hydrogens (tertiary/aromatic N) is 1. The SMILES string of the molecule is COc1cc(C=C2SC(=S)N(c3ccc(Br)c(Cl)c3)C2=O)ccc1OCc1cccc(C)c1. The number of benzene rings is 3. The van der Waals surface area contributed by atoms with Gasteiger partial charge in [-0.05, 0) is 70.4 Å². The van der Waals surface area contributed by atoms with Gasteiger partial charge in [-0.2, -0.15) is 0 Å². The molecule has 0 unspecified atom stereocenters. The molecule has 0 aliphatic carbocycles. The summed E-state index contributed by atoms with van der Waals surface area (Å²) in [6.07, 6.45) is 1.80. The third kappa shape index (κ3) is 5.44. The average molecular weight is 561 g/mol. The third-order valence-electron chi connectivity index (χ3n) is 4.92. The number of halogens is 2. The maximum absolute atomic E-state index is 13.1. The first-order valence-corrected chi connectivity index (χ1v) is 12.3. The summed E-state index contributed by atoms with van der Waals surface area (Å²) < 4.78 is 12.7. The molecule has 0 aromatic heterocycles. The number of thiocarbonyl (C=S) groups is 1. The minimum atomic E-state index is -0.192. The van der Waals surface area contributed by atoms with Gasteiger partial charge in [-0.15, -0.1) is 0 Å². The van der Waals surface area contributed by atoms with Gasteiger partial charge < -0.3 is 9.47 Å². The zero-order valence-electron chi connectivity index (χ0n) is 17.8. The molecule has 0 bridgehead atoms. The van der Waals surface area contributed by atoms with Gasteiger partial charge in [-0.25, -0.2) is 0 Å². The predicted octanol–water partition coefficient (Wildman–Crippen LogP) is 7.40. The number of carbonyl (C=O) groups is 1. The number of thioether (sulfide) groups is 1. The molecule has 1 heterocycles. The van der Waals surface area contributed by atoms with Crippen LogP contribution in [0.15, 0.2) is 70.0 Å². The number of hydrogen-bond donors (Lipinski definition) is 0. The topological polar surface area (TPSA) is 38.8 Å². The molecule has 0 saturated carbocycles. The largest absolute Gasteiger partial charge is 0.493 e. The molecule has 1 saturated heterocycles. The van der Waals surface area contributed by atoms with Crippen LogP contribution in [0.25, 0.3) is 6.08 Å². The number of aryl methyl sites for hydroxylation is 1. The van der Waals surface area contributed by atoms with Crippen molar-refractivity contribution in [1.29, 1.82) is 0 Å². The van der Waals surface area contributed by atoms with Crippen LogP contribution >= 0.6 is 51.5 Å². The summed E-state index contributed by atoms with van der Waals surface area (Å²) in [5, 5.41) is 0.511. The van der Waals surface area contributed by atoms with Crippen LogP contribution in [0.5, 0.6) is 11.5 Å². The summed E-state index contributed by atoms with van der Waals surface area (Å²) in [6.45, 7) is 2.48. The molecule has 1 aliphatic heterocycles. The van der Waals surface area contributed by atoms with E-state index in [1.807, 2.05) is 43.3 Å². The summed E-state index contributed by atoms with van der Waals surface area (Å²) in [4.78, 5) is 15.1. The Morgan fingerprint density at radius 1 is 1.12 bits per heavy atom. The van der Waals surface area contributed by atoms with Gasteiger partial charge in [0.15, 0.2) is 15.8 Å². The fraction of sp³-hybridized carbons (Fsp3) is 0.120. The van der Waals surface area contributed by atoms with Crippen molar-refractivity contribution in [2.45, 2.75) is 13.5 Å². The zero-order chi connectivity index (χ0) is 23.5. The predicted molar refractivity (Wildman–Crippen MR) is 143 cm³/mol. The van der Waals surface area contributed by atoms with Gasteiger partial charge in [0.05, 0.1) is 22.7 Å². The molecular weight excluding hydrogens is 542 g/mol. The van der Waals surface area contributed by atoms with Crippen LogP contribution < -0.4 is 14.4 Å². The molecule has 168 valence electrons. The van der Waals surface area contributed by atoms with E-state index in [-0.39, 0.29) is 5.91 Å². The van der Waals surface area contributed by atoms with E-state index in [9.17, 15) is 4.79 Å². The molecule has 3 aromatic carbocycles. The molecule has 4 nitrogen and oxygen atoms in total. The molecule has 3 aromatic rings. The Morgan fingerprint density at radius 3 is 2.67 bits per heavy atom. The average Bonchev–Trinajstić information content (AvgIpc) is 3.07. The van der Waals surface area contributed by atoms with E-state index >= 15 is 0 Å². The van der Waals surface area contributed by atoms with Crippen molar-refractivity contribution < 1.29 is 14.3 Å². The molecule has 0 N–H and O–H groups in total. The number of methoxy groups -OCH3 is 1. The Kier molecular flexibility index (Phi) is 7.44. The van der Waals surface area contributed by atoms with E-state index in [0.717, 1.165) is 15.6 Å². The summed E-state index contributed by atoms with van der Waals surface area (Å²) in [6, 6.07) is 19.0. The summed E-state index contributed by atoms with van der Waals surface area (Å²) in [5.74, 6) is 1.03. The second-order valence-electron chi connectivity index (χ2n) is 7.30. The number of carbonyl (C=O) groups excluding carboxylic acids is 1. The van der Waals surface area contributed by atoms with Crippen molar-refractivity contribution in [3.05, 3.63) is 91.8 Å². The van der Waals surface area contributed by atoms with E-state index in [2.05, 4.69) is 22.0 Å². The van der Waals surface area contributed by atoms with Crippen LogP contribution in [0, 0.1) is 6.92 Å². The highest BCUT2D eigenvalue weighted by Gasteiger charge is 2.33. The van der Waals surface area contributed by atoms with Crippen molar-refractivity contribution in [1.82, 2.24) is 0 Å². The molecule has 8 heteroatoms. The first-order chi connectivity index (χ1) is 15.9. The van der Waals surface area contributed by atoms with Crippen LogP contribution in [0.3, 0.4) is 0 Å². The van der Waals surface area contributed by atoms with Gasteiger partial charge in [0.2, 0.25) is 0 Å². The Hall–Kier alpha value is -2.32. The van der Waals surface area contributed by atoms with Gasteiger partial charge >= 0.3 is 0 Å². The van der Waals surface area contributed by atoms with Crippen LogP contribution in [-0.4, -0.2) is 17.3 Å². The zero-order valence-corrected chi connectivity index (χ0v) is 21.8. The van der Waals surface area contributed by atoms with E-state index in [4.69, 9.17) is 33.3 Å². The first kappa shape index (κ1) is 23.8. The van der Waals surface area contributed by atoms with E-state index in [1.165, 1.54) is 22.2 Å². The smallest absolute Gasteiger partial charge is 0.270 e. The number of ether oxygens (including phenoxy) is 2. The second-order valence-corrected chi connectivity index (χ2v) is 10.2. The molecule has 33 heavy (non-hydrogen) atoms. The normalized spacial score (nSPS) is 14.8. The summed E-state index contributed by atoms with van der Waals surface area (Å²) in [7, 11) is 1.59. The van der Waals surface area contributed by atoms with Crippen molar-refractivity contribution >= 4 is 73.5 Å². The van der Waals surface area contributed by atoms with E-state index in [1.54, 1.807) is 31.4 Å². The lowest BCUT2D eigenvalue weighted by Crippen LogP contribution is -2.27. The standard InChI is InChI=1S/C25H19BrClNO3S2/c1-15-4-3-5-17(10-15)14-31-21-9-6-16(11-22(21)30-2)12-23-24(29)28(25(32)33-23)18-7-8-19(26)20(27)13-18/h3-13H,14H2,1-2H3. The molecule has 0 radical (unpaired) electrons. The van der Waals surface area contributed by atoms with Crippen LogP contribution in [-0.2, 0) is 11.4 Å². The molecule has 1 fully saturated rings. The second kappa shape index (κ2) is 10.3. The Bertz CT molecular complexity index is 1280. The van der Waals surface area contributed by atoms with Gasteiger partial charge in [0, 0.05) is 4.47 Å². The highest BCUT2D eigenvalue weighted by Crippen LogP contribution is 2.39. The fourth-order valence-corrected chi connectivity index (χ4v) is 5.04. The molecule has 1 aliphatic rings. The van der Waals surface area contributed by atoms with Gasteiger partial charge in [-0.1, -0.05) is 71.5 Å². The molecule has 0 atom stereocenters. The van der Waals surface area contributed by atoms with Crippen LogP contribution in [0.4, 0.5) is 5.69 Å². The highest BCUT2D eigenvalue weighted by molar-refractivity contribution is 9.10. The lowest BCUT2D eigenvalue weighted by Gasteiger charge is -2.15. The van der Waals surface area contributed by atoms with Crippen molar-refractivity contribution in [2.24, 2.45) is 0 Å². The van der Waals surface area contributed by atoms with Crippen molar-refractivity contribution in [3.63, 3.8) is 0 Å². The van der Waals surface area contributed by atoms with E-state index in [0.29, 0.717) is 38.0 Å². The quantitative estimate of drug-likeness (QED) is 0.232. The number of amides is 1. The Balaban J connectivity index is 1.54. The lowest BCUT2D eigenvalue weighted by molar-refractivity contribution is -0.113. The van der Waals surface area contributed by atoms with Crippen molar-refractivity contribution in [2.75, 3.05) is 12.0 Å². The minimum absolute atomic E-state index is 0.192. The van der Waals surface area contributed by atoms with Gasteiger partial charge in [-0.3, -0.25) is 9.69 Å². The van der Waals surface area contributed by atoms with Gasteiger partial charge in [0.1, 0.15) is 6.61 Å². The monoisotopic (exact) mass is 559 g/mol. The maximum atomic E-state index is 13.1. The van der Waals surface area contributed by atoms with Gasteiger partial charge in [0.25, 0.3) is 5.91 Å². The lowest BCUT2D eigenvalue weighted by atomic mass is 10.1. The number of anilines is 1.